The van der Waals surface area contributed by atoms with Gasteiger partial charge in [0.05, 0.1) is 5.41 Å². The van der Waals surface area contributed by atoms with Crippen molar-refractivity contribution in [2.75, 3.05) is 39.8 Å². The molecular formula is C17H27N3O2. The Balaban J connectivity index is 1.88. The monoisotopic (exact) mass is 305 g/mol. The first-order valence-electron chi connectivity index (χ1n) is 8.57. The predicted octanol–water partition coefficient (Wildman–Crippen LogP) is 1.46. The van der Waals surface area contributed by atoms with E-state index in [-0.39, 0.29) is 11.8 Å². The molecule has 122 valence electrons. The summed E-state index contributed by atoms with van der Waals surface area (Å²) in [7, 11) is 2.10. The average molecular weight is 305 g/mol. The molecule has 0 bridgehead atoms. The summed E-state index contributed by atoms with van der Waals surface area (Å²) in [6.07, 6.45) is 6.28. The smallest absolute Gasteiger partial charge is 0.234 e. The summed E-state index contributed by atoms with van der Waals surface area (Å²) in [5.41, 5.74) is 0.569. The highest BCUT2D eigenvalue weighted by molar-refractivity contribution is 5.91. The number of carbonyl (C=O) groups excluding carboxylic acids is 2. The Hall–Kier alpha value is -1.36. The van der Waals surface area contributed by atoms with Crippen molar-refractivity contribution < 1.29 is 9.59 Å². The summed E-state index contributed by atoms with van der Waals surface area (Å²) in [6.45, 7) is 6.18. The summed E-state index contributed by atoms with van der Waals surface area (Å²) in [5.74, 6) is 0.440. The lowest BCUT2D eigenvalue weighted by Gasteiger charge is -2.48. The number of amides is 2. The van der Waals surface area contributed by atoms with Crippen LogP contribution in [0.15, 0.2) is 11.8 Å². The Morgan fingerprint density at radius 1 is 1.23 bits per heavy atom. The van der Waals surface area contributed by atoms with Crippen LogP contribution in [0.1, 0.15) is 39.0 Å². The van der Waals surface area contributed by atoms with Gasteiger partial charge in [-0.3, -0.25) is 9.59 Å². The summed E-state index contributed by atoms with van der Waals surface area (Å²) >= 11 is 0. The molecule has 0 aromatic carbocycles. The lowest BCUT2D eigenvalue weighted by atomic mass is 9.68. The van der Waals surface area contributed by atoms with Gasteiger partial charge in [-0.2, -0.15) is 0 Å². The number of rotatable bonds is 2. The molecule has 2 aliphatic heterocycles. The van der Waals surface area contributed by atoms with Gasteiger partial charge in [0.1, 0.15) is 0 Å². The highest BCUT2D eigenvalue weighted by Crippen LogP contribution is 2.47. The van der Waals surface area contributed by atoms with Crippen LogP contribution in [0.4, 0.5) is 0 Å². The van der Waals surface area contributed by atoms with Gasteiger partial charge < -0.3 is 14.7 Å². The number of allylic oxidation sites excluding steroid dienone is 1. The van der Waals surface area contributed by atoms with Crippen molar-refractivity contribution in [2.45, 2.75) is 39.0 Å². The van der Waals surface area contributed by atoms with Crippen LogP contribution >= 0.6 is 0 Å². The number of likely N-dealkylation sites (N-methyl/N-ethyl adjacent to an activating group) is 1. The maximum Gasteiger partial charge on any atom is 0.234 e. The van der Waals surface area contributed by atoms with Crippen molar-refractivity contribution in [1.82, 2.24) is 14.7 Å². The van der Waals surface area contributed by atoms with Gasteiger partial charge >= 0.3 is 0 Å². The number of piperidine rings is 1. The van der Waals surface area contributed by atoms with Crippen molar-refractivity contribution in [3.8, 4) is 0 Å². The lowest BCUT2D eigenvalue weighted by Crippen LogP contribution is -2.57. The maximum absolute atomic E-state index is 13.3. The molecule has 3 rings (SSSR count). The Bertz CT molecular complexity index is 494. The average Bonchev–Trinajstić information content (AvgIpc) is 2.55. The summed E-state index contributed by atoms with van der Waals surface area (Å²) in [4.78, 5) is 31.7. The van der Waals surface area contributed by atoms with Crippen molar-refractivity contribution in [1.29, 1.82) is 0 Å². The van der Waals surface area contributed by atoms with E-state index in [2.05, 4.69) is 18.0 Å². The third-order valence-corrected chi connectivity index (χ3v) is 5.51. The lowest BCUT2D eigenvalue weighted by molar-refractivity contribution is -0.148. The molecule has 0 N–H and O–H groups in total. The number of carbonyl (C=O) groups is 2. The molecule has 3 aliphatic rings. The van der Waals surface area contributed by atoms with Gasteiger partial charge in [-0.1, -0.05) is 6.08 Å². The topological polar surface area (TPSA) is 43.9 Å². The SMILES string of the molecule is CCN1C(=O)CCC2(C(=O)N3CCN(C)CC3)CCCC=C12. The fraction of sp³-hybridized carbons (Fsp3) is 0.765. The summed E-state index contributed by atoms with van der Waals surface area (Å²) < 4.78 is 0. The van der Waals surface area contributed by atoms with Crippen LogP contribution in [-0.4, -0.2) is 66.3 Å². The first-order chi connectivity index (χ1) is 10.6. The molecule has 2 heterocycles. The van der Waals surface area contributed by atoms with E-state index in [1.165, 1.54) is 0 Å². The highest BCUT2D eigenvalue weighted by atomic mass is 16.2. The predicted molar refractivity (Wildman–Crippen MR) is 85.1 cm³/mol. The van der Waals surface area contributed by atoms with Gasteiger partial charge in [0, 0.05) is 44.8 Å². The fourth-order valence-corrected chi connectivity index (χ4v) is 4.16. The Morgan fingerprint density at radius 2 is 1.95 bits per heavy atom. The van der Waals surface area contributed by atoms with Crippen LogP contribution < -0.4 is 0 Å². The van der Waals surface area contributed by atoms with Crippen molar-refractivity contribution in [3.05, 3.63) is 11.8 Å². The molecule has 2 saturated heterocycles. The molecule has 2 fully saturated rings. The van der Waals surface area contributed by atoms with E-state index in [9.17, 15) is 9.59 Å². The normalized spacial score (nSPS) is 30.1. The number of nitrogens with zero attached hydrogens (tertiary/aromatic N) is 3. The number of likely N-dealkylation sites (tertiary alicyclic amines) is 1. The van der Waals surface area contributed by atoms with Crippen molar-refractivity contribution in [2.24, 2.45) is 5.41 Å². The van der Waals surface area contributed by atoms with E-state index < -0.39 is 5.41 Å². The third kappa shape index (κ3) is 2.45. The third-order valence-electron chi connectivity index (χ3n) is 5.51. The van der Waals surface area contributed by atoms with Crippen molar-refractivity contribution >= 4 is 11.8 Å². The molecule has 1 unspecified atom stereocenters. The standard InChI is InChI=1S/C17H27N3O2/c1-3-20-14-6-4-5-8-17(14,9-7-15(20)21)16(22)19-12-10-18(2)11-13-19/h6H,3-5,7-13H2,1-2H3. The van der Waals surface area contributed by atoms with Gasteiger partial charge in [0.2, 0.25) is 11.8 Å². The van der Waals surface area contributed by atoms with E-state index in [0.29, 0.717) is 19.4 Å². The van der Waals surface area contributed by atoms with E-state index in [1.54, 1.807) is 0 Å². The van der Waals surface area contributed by atoms with Crippen LogP contribution in [0.2, 0.25) is 0 Å². The van der Waals surface area contributed by atoms with Crippen molar-refractivity contribution in [3.63, 3.8) is 0 Å². The second-order valence-electron chi connectivity index (χ2n) is 6.80. The second-order valence-corrected chi connectivity index (χ2v) is 6.80. The molecule has 0 radical (unpaired) electrons. The molecule has 0 aromatic heterocycles. The highest BCUT2D eigenvalue weighted by Gasteiger charge is 2.50. The van der Waals surface area contributed by atoms with Crippen LogP contribution in [0.5, 0.6) is 0 Å². The van der Waals surface area contributed by atoms with E-state index in [0.717, 1.165) is 51.1 Å². The van der Waals surface area contributed by atoms with Gasteiger partial charge in [-0.05, 0) is 39.7 Å². The Morgan fingerprint density at radius 3 is 2.64 bits per heavy atom. The van der Waals surface area contributed by atoms with Crippen LogP contribution in [-0.2, 0) is 9.59 Å². The molecule has 5 nitrogen and oxygen atoms in total. The van der Waals surface area contributed by atoms with Gasteiger partial charge in [0.15, 0.2) is 0 Å². The van der Waals surface area contributed by atoms with E-state index >= 15 is 0 Å². The molecule has 5 heteroatoms. The Kier molecular flexibility index (Phi) is 4.26. The largest absolute Gasteiger partial charge is 0.339 e. The van der Waals surface area contributed by atoms with E-state index in [4.69, 9.17) is 0 Å². The first kappa shape index (κ1) is 15.5. The minimum atomic E-state index is -0.432. The zero-order valence-electron chi connectivity index (χ0n) is 13.8. The van der Waals surface area contributed by atoms with Gasteiger partial charge in [-0.15, -0.1) is 0 Å². The van der Waals surface area contributed by atoms with Crippen LogP contribution in [0.25, 0.3) is 0 Å². The first-order valence-corrected chi connectivity index (χ1v) is 8.57. The molecule has 1 aliphatic carbocycles. The molecule has 2 amide bonds. The minimum absolute atomic E-state index is 0.178. The Labute approximate surface area is 132 Å². The van der Waals surface area contributed by atoms with Crippen LogP contribution in [0, 0.1) is 5.41 Å². The zero-order chi connectivity index (χ0) is 15.7. The van der Waals surface area contributed by atoms with Gasteiger partial charge in [0.25, 0.3) is 0 Å². The summed E-state index contributed by atoms with van der Waals surface area (Å²) in [6, 6.07) is 0. The maximum atomic E-state index is 13.3. The second kappa shape index (κ2) is 6.03. The minimum Gasteiger partial charge on any atom is -0.339 e. The summed E-state index contributed by atoms with van der Waals surface area (Å²) in [5, 5.41) is 0. The van der Waals surface area contributed by atoms with Crippen LogP contribution in [0.3, 0.4) is 0 Å². The number of hydrogen-bond donors (Lipinski definition) is 0. The molecule has 0 aromatic rings. The molecular weight excluding hydrogens is 278 g/mol. The molecule has 0 saturated carbocycles. The molecule has 1 atom stereocenters. The molecule has 22 heavy (non-hydrogen) atoms. The van der Waals surface area contributed by atoms with E-state index in [1.807, 2.05) is 16.7 Å². The fourth-order valence-electron chi connectivity index (χ4n) is 4.16. The zero-order valence-corrected chi connectivity index (χ0v) is 13.8. The number of piperazine rings is 1. The number of fused-ring (bicyclic) bond motifs is 1. The quantitative estimate of drug-likeness (QED) is 0.776. The van der Waals surface area contributed by atoms with Gasteiger partial charge in [-0.25, -0.2) is 0 Å². The molecule has 0 spiro atoms. The number of hydrogen-bond acceptors (Lipinski definition) is 3.